The van der Waals surface area contributed by atoms with Crippen LogP contribution in [0.4, 0.5) is 0 Å². The molecule has 1 saturated carbocycles. The average molecular weight is 197 g/mol. The number of nitrogens with zero attached hydrogens (tertiary/aromatic N) is 1. The summed E-state index contributed by atoms with van der Waals surface area (Å²) in [5, 5.41) is 3.18. The Morgan fingerprint density at radius 3 is 2.93 bits per heavy atom. The zero-order valence-electron chi connectivity index (χ0n) is 8.54. The Hall–Kier alpha value is -0.770. The van der Waals surface area contributed by atoms with Gasteiger partial charge < -0.3 is 15.8 Å². The molecule has 2 fully saturated rings. The third-order valence-electron chi connectivity index (χ3n) is 2.77. The second kappa shape index (κ2) is 4.64. The predicted molar refractivity (Wildman–Crippen MR) is 56.2 cm³/mol. The van der Waals surface area contributed by atoms with E-state index < -0.39 is 0 Å². The molecule has 0 amide bonds. The van der Waals surface area contributed by atoms with E-state index >= 15 is 0 Å². The summed E-state index contributed by atoms with van der Waals surface area (Å²) in [6.45, 7) is 2.66. The van der Waals surface area contributed by atoms with Gasteiger partial charge in [0.1, 0.15) is 0 Å². The number of guanidine groups is 1. The number of nitrogens with two attached hydrogens (primary N) is 1. The second-order valence-corrected chi connectivity index (χ2v) is 4.20. The lowest BCUT2D eigenvalue weighted by molar-refractivity contribution is 0.184. The van der Waals surface area contributed by atoms with E-state index in [0.29, 0.717) is 17.9 Å². The van der Waals surface area contributed by atoms with Crippen LogP contribution in [-0.2, 0) is 4.74 Å². The van der Waals surface area contributed by atoms with E-state index in [-0.39, 0.29) is 0 Å². The number of hydrogen-bond donors (Lipinski definition) is 2. The van der Waals surface area contributed by atoms with E-state index in [4.69, 9.17) is 10.5 Å². The summed E-state index contributed by atoms with van der Waals surface area (Å²) in [7, 11) is 0. The molecule has 1 aliphatic carbocycles. The van der Waals surface area contributed by atoms with Crippen LogP contribution in [-0.4, -0.2) is 31.8 Å². The number of nitrogens with one attached hydrogen (secondary N) is 1. The Bertz CT molecular complexity index is 207. The summed E-state index contributed by atoms with van der Waals surface area (Å²) in [6.07, 6.45) is 4.78. The fourth-order valence-electron chi connectivity index (χ4n) is 1.66. The Balaban J connectivity index is 1.59. The molecule has 0 radical (unpaired) electrons. The lowest BCUT2D eigenvalue weighted by atomic mass is 10.1. The van der Waals surface area contributed by atoms with Crippen molar-refractivity contribution < 1.29 is 4.74 Å². The second-order valence-electron chi connectivity index (χ2n) is 4.20. The van der Waals surface area contributed by atoms with Gasteiger partial charge >= 0.3 is 0 Å². The van der Waals surface area contributed by atoms with Crippen LogP contribution in [0.3, 0.4) is 0 Å². The van der Waals surface area contributed by atoms with E-state index in [0.717, 1.165) is 26.2 Å². The third-order valence-corrected chi connectivity index (χ3v) is 2.77. The first-order chi connectivity index (χ1) is 6.84. The van der Waals surface area contributed by atoms with Crippen LogP contribution < -0.4 is 11.1 Å². The fraction of sp³-hybridized carbons (Fsp3) is 0.900. The van der Waals surface area contributed by atoms with Gasteiger partial charge in [0.25, 0.3) is 0 Å². The van der Waals surface area contributed by atoms with E-state index in [9.17, 15) is 0 Å². The lowest BCUT2D eigenvalue weighted by Crippen LogP contribution is -2.33. The summed E-state index contributed by atoms with van der Waals surface area (Å²) in [6, 6.07) is 0.605. The molecule has 0 aromatic rings. The quantitative estimate of drug-likeness (QED) is 0.509. The zero-order valence-corrected chi connectivity index (χ0v) is 8.54. The van der Waals surface area contributed by atoms with Gasteiger partial charge in [-0.05, 0) is 31.6 Å². The van der Waals surface area contributed by atoms with Gasteiger partial charge in [-0.25, -0.2) is 0 Å². The van der Waals surface area contributed by atoms with E-state index in [1.807, 2.05) is 0 Å². The molecule has 3 N–H and O–H groups in total. The van der Waals surface area contributed by atoms with Crippen molar-refractivity contribution in [3.8, 4) is 0 Å². The summed E-state index contributed by atoms with van der Waals surface area (Å²) < 4.78 is 5.29. The van der Waals surface area contributed by atoms with Gasteiger partial charge in [0.05, 0.1) is 0 Å². The normalized spacial score (nSPS) is 28.0. The minimum absolute atomic E-state index is 0.605. The largest absolute Gasteiger partial charge is 0.381 e. The minimum atomic E-state index is 0.605. The van der Waals surface area contributed by atoms with Gasteiger partial charge in [0.2, 0.25) is 0 Å². The highest BCUT2D eigenvalue weighted by Crippen LogP contribution is 2.18. The highest BCUT2D eigenvalue weighted by atomic mass is 16.5. The van der Waals surface area contributed by atoms with Gasteiger partial charge in [0.15, 0.2) is 5.96 Å². The minimum Gasteiger partial charge on any atom is -0.381 e. The first kappa shape index (κ1) is 9.77. The first-order valence-corrected chi connectivity index (χ1v) is 5.49. The van der Waals surface area contributed by atoms with Crippen molar-refractivity contribution in [1.29, 1.82) is 0 Å². The maximum absolute atomic E-state index is 5.71. The van der Waals surface area contributed by atoms with Gasteiger partial charge in [-0.15, -0.1) is 0 Å². The molecule has 1 aliphatic heterocycles. The highest BCUT2D eigenvalue weighted by Gasteiger charge is 2.21. The molecule has 1 heterocycles. The van der Waals surface area contributed by atoms with Crippen molar-refractivity contribution >= 4 is 5.96 Å². The maximum atomic E-state index is 5.71. The molecular weight excluding hydrogens is 178 g/mol. The SMILES string of the molecule is NC(=NCCC1CCOC1)NC1CC1. The molecule has 2 aliphatic rings. The standard InChI is InChI=1S/C10H19N3O/c11-10(13-9-1-2-9)12-5-3-8-4-6-14-7-8/h8-9H,1-7H2,(H3,11,12,13). The van der Waals surface area contributed by atoms with Crippen LogP contribution >= 0.6 is 0 Å². The number of hydrogen-bond acceptors (Lipinski definition) is 2. The molecule has 80 valence electrons. The van der Waals surface area contributed by atoms with Crippen molar-refractivity contribution in [3.63, 3.8) is 0 Å². The third kappa shape index (κ3) is 3.18. The van der Waals surface area contributed by atoms with Crippen LogP contribution in [0, 0.1) is 5.92 Å². The number of aliphatic imine (C=N–C) groups is 1. The smallest absolute Gasteiger partial charge is 0.188 e. The summed E-state index contributed by atoms with van der Waals surface area (Å²) in [4.78, 5) is 4.30. The van der Waals surface area contributed by atoms with Gasteiger partial charge in [-0.1, -0.05) is 0 Å². The summed E-state index contributed by atoms with van der Waals surface area (Å²) in [5.41, 5.74) is 5.71. The van der Waals surface area contributed by atoms with Crippen molar-refractivity contribution in [2.75, 3.05) is 19.8 Å². The van der Waals surface area contributed by atoms with Gasteiger partial charge in [-0.3, -0.25) is 4.99 Å². The first-order valence-electron chi connectivity index (χ1n) is 5.49. The highest BCUT2D eigenvalue weighted by molar-refractivity contribution is 5.78. The van der Waals surface area contributed by atoms with Gasteiger partial charge in [-0.2, -0.15) is 0 Å². The van der Waals surface area contributed by atoms with E-state index in [2.05, 4.69) is 10.3 Å². The lowest BCUT2D eigenvalue weighted by Gasteiger charge is -2.05. The molecule has 2 rings (SSSR count). The molecule has 4 nitrogen and oxygen atoms in total. The van der Waals surface area contributed by atoms with Crippen LogP contribution in [0.25, 0.3) is 0 Å². The molecule has 0 aromatic heterocycles. The topological polar surface area (TPSA) is 59.6 Å². The zero-order chi connectivity index (χ0) is 9.80. The molecule has 0 spiro atoms. The summed E-state index contributed by atoms with van der Waals surface area (Å²) in [5.74, 6) is 1.32. The molecular formula is C10H19N3O. The van der Waals surface area contributed by atoms with Crippen molar-refractivity contribution in [2.24, 2.45) is 16.6 Å². The maximum Gasteiger partial charge on any atom is 0.188 e. The number of ether oxygens (including phenoxy) is 1. The Labute approximate surface area is 84.9 Å². The summed E-state index contributed by atoms with van der Waals surface area (Å²) >= 11 is 0. The molecule has 0 aromatic carbocycles. The predicted octanol–water partition coefficient (Wildman–Crippen LogP) is 0.480. The molecule has 0 bridgehead atoms. The Morgan fingerprint density at radius 2 is 2.29 bits per heavy atom. The van der Waals surface area contributed by atoms with Crippen molar-refractivity contribution in [3.05, 3.63) is 0 Å². The van der Waals surface area contributed by atoms with Crippen LogP contribution in [0.1, 0.15) is 25.7 Å². The fourth-order valence-corrected chi connectivity index (χ4v) is 1.66. The van der Waals surface area contributed by atoms with Crippen LogP contribution in [0.15, 0.2) is 4.99 Å². The van der Waals surface area contributed by atoms with Gasteiger partial charge in [0, 0.05) is 25.8 Å². The molecule has 1 atom stereocenters. The monoisotopic (exact) mass is 197 g/mol. The Morgan fingerprint density at radius 1 is 1.43 bits per heavy atom. The molecule has 4 heteroatoms. The van der Waals surface area contributed by atoms with Crippen molar-refractivity contribution in [2.45, 2.75) is 31.7 Å². The Kier molecular flexibility index (Phi) is 3.24. The average Bonchev–Trinajstić information content (AvgIpc) is 2.82. The molecule has 1 saturated heterocycles. The van der Waals surface area contributed by atoms with Crippen LogP contribution in [0.2, 0.25) is 0 Å². The van der Waals surface area contributed by atoms with E-state index in [1.165, 1.54) is 19.3 Å². The van der Waals surface area contributed by atoms with E-state index in [1.54, 1.807) is 0 Å². The number of rotatable bonds is 4. The molecule has 14 heavy (non-hydrogen) atoms. The molecule has 1 unspecified atom stereocenters. The van der Waals surface area contributed by atoms with Crippen molar-refractivity contribution in [1.82, 2.24) is 5.32 Å². The van der Waals surface area contributed by atoms with Crippen LogP contribution in [0.5, 0.6) is 0 Å².